The molecule has 0 bridgehead atoms. The second-order valence-corrected chi connectivity index (χ2v) is 7.25. The lowest BCUT2D eigenvalue weighted by atomic mass is 10.1. The van der Waals surface area contributed by atoms with Gasteiger partial charge >= 0.3 is 5.69 Å². The van der Waals surface area contributed by atoms with Gasteiger partial charge in [0.1, 0.15) is 18.3 Å². The molecule has 1 aromatic rings. The molecule has 0 amide bonds. The minimum absolute atomic E-state index is 0.264. The lowest BCUT2D eigenvalue weighted by Crippen LogP contribution is -2.44. The molecule has 0 spiro atoms. The number of hydrogen-bond donors (Lipinski definition) is 2. The number of ether oxygens (including phenoxy) is 4. The highest BCUT2D eigenvalue weighted by atomic mass is 16.6. The van der Waals surface area contributed by atoms with Crippen LogP contribution in [0.25, 0.3) is 0 Å². The van der Waals surface area contributed by atoms with Crippen molar-refractivity contribution in [1.29, 1.82) is 0 Å². The molecule has 0 radical (unpaired) electrons. The van der Waals surface area contributed by atoms with Gasteiger partial charge < -0.3 is 24.1 Å². The molecule has 0 aliphatic carbocycles. The van der Waals surface area contributed by atoms with Crippen LogP contribution < -0.4 is 11.2 Å². The van der Waals surface area contributed by atoms with Gasteiger partial charge in [-0.25, -0.2) is 4.79 Å². The quantitative estimate of drug-likeness (QED) is 0.645. The molecule has 2 unspecified atom stereocenters. The highest BCUT2D eigenvalue weighted by Crippen LogP contribution is 2.35. The van der Waals surface area contributed by atoms with Gasteiger partial charge in [0.25, 0.3) is 5.56 Å². The van der Waals surface area contributed by atoms with E-state index >= 15 is 0 Å². The van der Waals surface area contributed by atoms with Crippen LogP contribution in [-0.4, -0.2) is 65.5 Å². The maximum atomic E-state index is 12.3. The molecule has 2 N–H and O–H groups in total. The van der Waals surface area contributed by atoms with Crippen molar-refractivity contribution in [2.75, 3.05) is 26.9 Å². The Balaban J connectivity index is 2.40. The molecule has 2 rings (SSSR count). The predicted molar refractivity (Wildman–Crippen MR) is 93.3 cm³/mol. The molecule has 9 heteroatoms. The lowest BCUT2D eigenvalue weighted by Gasteiger charge is -2.31. The summed E-state index contributed by atoms with van der Waals surface area (Å²) in [5, 5.41) is 9.72. The third-order valence-electron chi connectivity index (χ3n) is 3.97. The first kappa shape index (κ1) is 20.8. The number of aliphatic hydroxyl groups is 1. The molecule has 1 aliphatic heterocycles. The van der Waals surface area contributed by atoms with Crippen molar-refractivity contribution in [2.24, 2.45) is 0 Å². The zero-order valence-electron chi connectivity index (χ0n) is 15.9. The minimum atomic E-state index is -0.848. The van der Waals surface area contributed by atoms with E-state index in [1.807, 2.05) is 20.8 Å². The van der Waals surface area contributed by atoms with E-state index in [1.165, 1.54) is 10.8 Å². The van der Waals surface area contributed by atoms with Crippen LogP contribution in [0, 0.1) is 6.92 Å². The SMILES string of the molecule is COCCOC1C(OC(C)(C)C)[C@@H](CO)O[C@H]1n1cc(C)c(=O)[nH]c1=O. The number of aromatic nitrogens is 2. The fourth-order valence-corrected chi connectivity index (χ4v) is 2.85. The summed E-state index contributed by atoms with van der Waals surface area (Å²) < 4.78 is 24.1. The van der Waals surface area contributed by atoms with E-state index in [-0.39, 0.29) is 13.2 Å². The molecule has 4 atom stereocenters. The third-order valence-corrected chi connectivity index (χ3v) is 3.97. The van der Waals surface area contributed by atoms with Gasteiger partial charge in [-0.1, -0.05) is 0 Å². The fraction of sp³-hybridized carbons (Fsp3) is 0.765. The lowest BCUT2D eigenvalue weighted by molar-refractivity contribution is -0.135. The van der Waals surface area contributed by atoms with Crippen molar-refractivity contribution in [3.8, 4) is 0 Å². The van der Waals surface area contributed by atoms with Crippen molar-refractivity contribution < 1.29 is 24.1 Å². The van der Waals surface area contributed by atoms with Gasteiger partial charge in [-0.05, 0) is 27.7 Å². The third kappa shape index (κ3) is 4.80. The Morgan fingerprint density at radius 2 is 1.96 bits per heavy atom. The van der Waals surface area contributed by atoms with Crippen LogP contribution in [0.1, 0.15) is 32.6 Å². The Morgan fingerprint density at radius 3 is 2.54 bits per heavy atom. The van der Waals surface area contributed by atoms with Gasteiger partial charge in [-0.15, -0.1) is 0 Å². The molecule has 148 valence electrons. The number of rotatable bonds is 7. The van der Waals surface area contributed by atoms with Crippen LogP contribution in [0.3, 0.4) is 0 Å². The number of aromatic amines is 1. The molecule has 9 nitrogen and oxygen atoms in total. The number of aliphatic hydroxyl groups excluding tert-OH is 1. The number of H-pyrrole nitrogens is 1. The Bertz CT molecular complexity index is 706. The summed E-state index contributed by atoms with van der Waals surface area (Å²) in [5.74, 6) is 0. The van der Waals surface area contributed by atoms with Crippen molar-refractivity contribution in [1.82, 2.24) is 9.55 Å². The minimum Gasteiger partial charge on any atom is -0.394 e. The Labute approximate surface area is 151 Å². The number of hydrogen-bond acceptors (Lipinski definition) is 7. The van der Waals surface area contributed by atoms with Gasteiger partial charge in [0.2, 0.25) is 0 Å². The Morgan fingerprint density at radius 1 is 1.27 bits per heavy atom. The van der Waals surface area contributed by atoms with Gasteiger partial charge in [0, 0.05) is 18.9 Å². The molecule has 26 heavy (non-hydrogen) atoms. The van der Waals surface area contributed by atoms with Crippen LogP contribution in [0.5, 0.6) is 0 Å². The molecule has 0 aromatic carbocycles. The summed E-state index contributed by atoms with van der Waals surface area (Å²) in [7, 11) is 1.56. The molecule has 2 heterocycles. The Kier molecular flexibility index (Phi) is 6.75. The maximum Gasteiger partial charge on any atom is 0.330 e. The van der Waals surface area contributed by atoms with Crippen LogP contribution in [0.4, 0.5) is 0 Å². The summed E-state index contributed by atoms with van der Waals surface area (Å²) in [6.45, 7) is 7.58. The molecule has 1 saturated heterocycles. The van der Waals surface area contributed by atoms with Gasteiger partial charge in [0.05, 0.1) is 25.4 Å². The first-order chi connectivity index (χ1) is 12.2. The zero-order valence-corrected chi connectivity index (χ0v) is 15.9. The van der Waals surface area contributed by atoms with Crippen molar-refractivity contribution in [2.45, 2.75) is 57.8 Å². The molecule has 1 aliphatic rings. The van der Waals surface area contributed by atoms with E-state index < -0.39 is 41.4 Å². The highest BCUT2D eigenvalue weighted by molar-refractivity contribution is 5.03. The molecule has 1 aromatic heterocycles. The first-order valence-corrected chi connectivity index (χ1v) is 8.54. The summed E-state index contributed by atoms with van der Waals surface area (Å²) in [6.07, 6.45) is -1.36. The molecular formula is C17H28N2O7. The average molecular weight is 372 g/mol. The Hall–Kier alpha value is -1.52. The fourth-order valence-electron chi connectivity index (χ4n) is 2.85. The van der Waals surface area contributed by atoms with Crippen LogP contribution >= 0.6 is 0 Å². The second-order valence-electron chi connectivity index (χ2n) is 7.25. The topological polar surface area (TPSA) is 112 Å². The molecular weight excluding hydrogens is 344 g/mol. The summed E-state index contributed by atoms with van der Waals surface area (Å²) in [4.78, 5) is 26.2. The van der Waals surface area contributed by atoms with Crippen LogP contribution in [-0.2, 0) is 18.9 Å². The number of nitrogens with one attached hydrogen (secondary N) is 1. The van der Waals surface area contributed by atoms with E-state index in [1.54, 1.807) is 14.0 Å². The van der Waals surface area contributed by atoms with E-state index in [2.05, 4.69) is 4.98 Å². The number of methoxy groups -OCH3 is 1. The van der Waals surface area contributed by atoms with Crippen LogP contribution in [0.2, 0.25) is 0 Å². The van der Waals surface area contributed by atoms with Gasteiger partial charge in [0.15, 0.2) is 6.23 Å². The average Bonchev–Trinajstić information content (AvgIpc) is 2.87. The normalized spacial score (nSPS) is 26.4. The summed E-state index contributed by atoms with van der Waals surface area (Å²) in [6, 6.07) is 0. The van der Waals surface area contributed by atoms with E-state index in [0.29, 0.717) is 12.2 Å². The second kappa shape index (κ2) is 8.45. The van der Waals surface area contributed by atoms with Crippen molar-refractivity contribution in [3.05, 3.63) is 32.6 Å². The zero-order chi connectivity index (χ0) is 19.5. The predicted octanol–water partition coefficient (Wildman–Crippen LogP) is -0.0500. The van der Waals surface area contributed by atoms with Gasteiger partial charge in [-0.3, -0.25) is 14.3 Å². The van der Waals surface area contributed by atoms with Crippen molar-refractivity contribution >= 4 is 0 Å². The summed E-state index contributed by atoms with van der Waals surface area (Å²) >= 11 is 0. The van der Waals surface area contributed by atoms with E-state index in [4.69, 9.17) is 18.9 Å². The van der Waals surface area contributed by atoms with Crippen LogP contribution in [0.15, 0.2) is 15.8 Å². The van der Waals surface area contributed by atoms with Gasteiger partial charge in [-0.2, -0.15) is 0 Å². The van der Waals surface area contributed by atoms with E-state index in [9.17, 15) is 14.7 Å². The summed E-state index contributed by atoms with van der Waals surface area (Å²) in [5.41, 5.74) is -1.21. The smallest absolute Gasteiger partial charge is 0.330 e. The highest BCUT2D eigenvalue weighted by Gasteiger charge is 2.48. The van der Waals surface area contributed by atoms with E-state index in [0.717, 1.165) is 0 Å². The molecule has 1 fully saturated rings. The monoisotopic (exact) mass is 372 g/mol. The van der Waals surface area contributed by atoms with Crippen molar-refractivity contribution in [3.63, 3.8) is 0 Å². The standard InChI is InChI=1S/C17H28N2O7/c1-10-8-19(16(22)18-14(10)21)15-13(24-7-6-23-5)12(11(9-20)25-15)26-17(2,3)4/h8,11-13,15,20H,6-7,9H2,1-5H3,(H,18,21,22)/t11-,12?,13?,15-/m1/s1. The number of nitrogens with zero attached hydrogens (tertiary/aromatic N) is 1. The molecule has 0 saturated carbocycles. The maximum absolute atomic E-state index is 12.3. The largest absolute Gasteiger partial charge is 0.394 e. The first-order valence-electron chi connectivity index (χ1n) is 8.54. The number of aryl methyl sites for hydroxylation is 1.